The fourth-order valence-electron chi connectivity index (χ4n) is 3.26. The van der Waals surface area contributed by atoms with Crippen molar-refractivity contribution < 1.29 is 22.6 Å². The van der Waals surface area contributed by atoms with Gasteiger partial charge in [0.2, 0.25) is 10.4 Å². The molecule has 2 N–H and O–H groups in total. The van der Waals surface area contributed by atoms with E-state index in [4.69, 9.17) is 29.1 Å². The number of fused-ring (bicyclic) bond motifs is 1. The summed E-state index contributed by atoms with van der Waals surface area (Å²) in [5.74, 6) is 0.931. The summed E-state index contributed by atoms with van der Waals surface area (Å²) < 4.78 is 34.8. The molecule has 0 bridgehead atoms. The summed E-state index contributed by atoms with van der Waals surface area (Å²) >= 11 is 6.01. The first-order valence-corrected chi connectivity index (χ1v) is 10.2. The van der Waals surface area contributed by atoms with E-state index >= 15 is 0 Å². The van der Waals surface area contributed by atoms with Gasteiger partial charge in [-0.25, -0.2) is 8.42 Å². The predicted molar refractivity (Wildman–Crippen MR) is 102 cm³/mol. The summed E-state index contributed by atoms with van der Waals surface area (Å²) in [5, 5.41) is 19.9. The van der Waals surface area contributed by atoms with E-state index in [0.29, 0.717) is 0 Å². The van der Waals surface area contributed by atoms with Gasteiger partial charge in [0, 0.05) is 16.8 Å². The number of hydrogen-bond acceptors (Lipinski definition) is 6. The van der Waals surface area contributed by atoms with Crippen molar-refractivity contribution in [3.8, 4) is 0 Å². The van der Waals surface area contributed by atoms with Gasteiger partial charge in [-0.2, -0.15) is 0 Å². The molecule has 1 aliphatic carbocycles. The lowest BCUT2D eigenvalue weighted by Gasteiger charge is -2.19. The van der Waals surface area contributed by atoms with E-state index in [1.54, 1.807) is 13.8 Å². The van der Waals surface area contributed by atoms with Crippen LogP contribution in [-0.4, -0.2) is 37.2 Å². The van der Waals surface area contributed by atoms with Gasteiger partial charge < -0.3 is 9.66 Å². The summed E-state index contributed by atoms with van der Waals surface area (Å²) in [6.45, 7) is 3.53. The highest BCUT2D eigenvalue weighted by atomic mass is 35.5. The van der Waals surface area contributed by atoms with Crippen molar-refractivity contribution in [1.82, 2.24) is 14.6 Å². The number of aliphatic hydroxyl groups is 1. The Bertz CT molecular complexity index is 1090. The SMILES string of the molecule is CC(C)(O)c1cccn2c(C3(c4ccc(Cl)cc4)CC3)nnc12.O=S(=O)([O-])O. The van der Waals surface area contributed by atoms with Crippen LogP contribution in [0.15, 0.2) is 42.6 Å². The number of halogens is 1. The molecule has 0 saturated heterocycles. The van der Waals surface area contributed by atoms with Crippen LogP contribution < -0.4 is 0 Å². The lowest BCUT2D eigenvalue weighted by Crippen LogP contribution is -2.18. The number of rotatable bonds is 3. The van der Waals surface area contributed by atoms with Crippen LogP contribution in [0.3, 0.4) is 0 Å². The molecular weight excluding hydrogens is 406 g/mol. The Labute approximate surface area is 167 Å². The van der Waals surface area contributed by atoms with Crippen LogP contribution in [0.5, 0.6) is 0 Å². The Hall–Kier alpha value is -2.04. The molecule has 2 heterocycles. The van der Waals surface area contributed by atoms with Crippen molar-refractivity contribution in [2.24, 2.45) is 0 Å². The molecule has 2 aromatic heterocycles. The van der Waals surface area contributed by atoms with Gasteiger partial charge in [-0.15, -0.1) is 10.2 Å². The average molecular weight is 425 g/mol. The van der Waals surface area contributed by atoms with Gasteiger partial charge in [-0.3, -0.25) is 8.95 Å². The van der Waals surface area contributed by atoms with Gasteiger partial charge >= 0.3 is 0 Å². The molecule has 8 nitrogen and oxygen atoms in total. The van der Waals surface area contributed by atoms with Crippen LogP contribution in [0.4, 0.5) is 0 Å². The Kier molecular flexibility index (Phi) is 5.24. The average Bonchev–Trinajstić information content (AvgIpc) is 3.25. The first-order chi connectivity index (χ1) is 12.9. The third kappa shape index (κ3) is 4.34. The Morgan fingerprint density at radius 2 is 1.75 bits per heavy atom. The topological polar surface area (TPSA) is 128 Å². The molecule has 0 amide bonds. The number of aromatic nitrogens is 3. The maximum Gasteiger partial charge on any atom is 0.215 e. The fourth-order valence-corrected chi connectivity index (χ4v) is 3.38. The lowest BCUT2D eigenvalue weighted by atomic mass is 9.95. The molecule has 0 atom stereocenters. The molecule has 150 valence electrons. The third-order valence-electron chi connectivity index (χ3n) is 4.67. The normalized spacial score (nSPS) is 15.8. The van der Waals surface area contributed by atoms with E-state index in [-0.39, 0.29) is 5.41 Å². The van der Waals surface area contributed by atoms with Crippen LogP contribution in [0, 0.1) is 0 Å². The predicted octanol–water partition coefficient (Wildman–Crippen LogP) is 2.69. The van der Waals surface area contributed by atoms with Crippen LogP contribution >= 0.6 is 11.6 Å². The Morgan fingerprint density at radius 3 is 2.25 bits per heavy atom. The lowest BCUT2D eigenvalue weighted by molar-refractivity contribution is 0.0796. The van der Waals surface area contributed by atoms with Crippen molar-refractivity contribution in [3.05, 3.63) is 64.6 Å². The molecule has 28 heavy (non-hydrogen) atoms. The second kappa shape index (κ2) is 7.09. The molecule has 0 spiro atoms. The minimum atomic E-state index is -4.92. The quantitative estimate of drug-likeness (QED) is 0.488. The molecule has 1 aromatic carbocycles. The van der Waals surface area contributed by atoms with E-state index in [1.807, 2.05) is 34.9 Å². The Balaban J connectivity index is 0.000000403. The fraction of sp³-hybridized carbons (Fsp3) is 0.333. The highest BCUT2D eigenvalue weighted by Crippen LogP contribution is 2.53. The summed E-state index contributed by atoms with van der Waals surface area (Å²) in [6.07, 6.45) is 4.06. The van der Waals surface area contributed by atoms with Gasteiger partial charge in [-0.1, -0.05) is 29.8 Å². The number of pyridine rings is 1. The summed E-state index contributed by atoms with van der Waals surface area (Å²) in [6, 6.07) is 11.8. The zero-order valence-electron chi connectivity index (χ0n) is 15.2. The molecule has 1 aliphatic rings. The number of benzene rings is 1. The molecule has 1 fully saturated rings. The van der Waals surface area contributed by atoms with Crippen LogP contribution in [0.2, 0.25) is 5.02 Å². The second-order valence-electron chi connectivity index (χ2n) is 7.21. The third-order valence-corrected chi connectivity index (χ3v) is 4.92. The van der Waals surface area contributed by atoms with Crippen LogP contribution in [-0.2, 0) is 21.4 Å². The number of hydrogen-bond donors (Lipinski definition) is 2. The van der Waals surface area contributed by atoms with Crippen molar-refractivity contribution in [1.29, 1.82) is 0 Å². The Morgan fingerprint density at radius 1 is 1.18 bits per heavy atom. The maximum absolute atomic E-state index is 10.4. The van der Waals surface area contributed by atoms with Crippen molar-refractivity contribution >= 4 is 27.6 Å². The first-order valence-electron chi connectivity index (χ1n) is 8.43. The van der Waals surface area contributed by atoms with Gasteiger partial charge in [0.15, 0.2) is 5.65 Å². The van der Waals surface area contributed by atoms with E-state index in [1.165, 1.54) is 5.56 Å². The minimum Gasteiger partial charge on any atom is -0.726 e. The molecule has 4 rings (SSSR count). The molecule has 10 heteroatoms. The van der Waals surface area contributed by atoms with Gasteiger partial charge in [0.25, 0.3) is 0 Å². The zero-order chi connectivity index (χ0) is 20.7. The second-order valence-corrected chi connectivity index (χ2v) is 8.51. The monoisotopic (exact) mass is 424 g/mol. The molecule has 3 aromatic rings. The molecule has 0 aliphatic heterocycles. The van der Waals surface area contributed by atoms with Gasteiger partial charge in [-0.05, 0) is 50.5 Å². The maximum atomic E-state index is 10.4. The van der Waals surface area contributed by atoms with Gasteiger partial charge in [0.05, 0.1) is 11.0 Å². The number of nitrogens with zero attached hydrogens (tertiary/aromatic N) is 3. The molecule has 0 unspecified atom stereocenters. The minimum absolute atomic E-state index is 0.0950. The smallest absolute Gasteiger partial charge is 0.215 e. The van der Waals surface area contributed by atoms with Crippen molar-refractivity contribution in [3.63, 3.8) is 0 Å². The summed E-state index contributed by atoms with van der Waals surface area (Å²) in [4.78, 5) is 0. The summed E-state index contributed by atoms with van der Waals surface area (Å²) in [5.41, 5.74) is 1.66. The summed E-state index contributed by atoms with van der Waals surface area (Å²) in [7, 11) is -4.92. The highest BCUT2D eigenvalue weighted by Gasteiger charge is 2.49. The van der Waals surface area contributed by atoms with Crippen molar-refractivity contribution in [2.45, 2.75) is 37.7 Å². The highest BCUT2D eigenvalue weighted by molar-refractivity contribution is 7.79. The van der Waals surface area contributed by atoms with E-state index < -0.39 is 16.0 Å². The van der Waals surface area contributed by atoms with E-state index in [9.17, 15) is 5.11 Å². The molecule has 0 radical (unpaired) electrons. The zero-order valence-corrected chi connectivity index (χ0v) is 16.8. The van der Waals surface area contributed by atoms with Gasteiger partial charge in [0.1, 0.15) is 5.82 Å². The first kappa shape index (κ1) is 20.7. The molecular formula is C18H19ClN3O5S-. The standard InChI is InChI=1S/C18H18ClN3O.H2O4S/c1-17(2,23)14-4-3-11-22-15(14)20-21-16(22)18(9-10-18)12-5-7-13(19)8-6-12;1-5(2,3)4/h3-8,11,23H,9-10H2,1-2H3;(H2,1,2,3,4)/p-1. The van der Waals surface area contributed by atoms with E-state index in [0.717, 1.165) is 34.9 Å². The van der Waals surface area contributed by atoms with Crippen LogP contribution in [0.25, 0.3) is 5.65 Å². The van der Waals surface area contributed by atoms with E-state index in [2.05, 4.69) is 22.3 Å². The van der Waals surface area contributed by atoms with Crippen molar-refractivity contribution in [2.75, 3.05) is 0 Å². The van der Waals surface area contributed by atoms with Crippen LogP contribution in [0.1, 0.15) is 43.6 Å². The molecule has 1 saturated carbocycles. The largest absolute Gasteiger partial charge is 0.726 e.